The molecule has 0 aliphatic heterocycles. The van der Waals surface area contributed by atoms with Crippen LogP contribution in [0, 0.1) is 0 Å². The van der Waals surface area contributed by atoms with Crippen LogP contribution in [0.1, 0.15) is 27.7 Å². The lowest BCUT2D eigenvalue weighted by Crippen LogP contribution is -1.87. The topological polar surface area (TPSA) is 26.0 Å². The summed E-state index contributed by atoms with van der Waals surface area (Å²) in [5.41, 5.74) is 5.70. The van der Waals surface area contributed by atoms with Gasteiger partial charge >= 0.3 is 0 Å². The molecule has 2 N–H and O–H groups in total. The molecule has 0 aromatic rings. The summed E-state index contributed by atoms with van der Waals surface area (Å²) in [7, 11) is 0. The fraction of sp³-hybridized carbons (Fsp3) is 0.400. The van der Waals surface area contributed by atoms with Gasteiger partial charge in [-0.05, 0) is 6.08 Å². The lowest BCUT2D eigenvalue weighted by Gasteiger charge is -1.78. The van der Waals surface area contributed by atoms with Crippen LogP contribution in [0.3, 0.4) is 0 Å². The zero-order chi connectivity index (χ0) is 9.70. The zero-order valence-corrected chi connectivity index (χ0v) is 8.22. The second-order valence-corrected chi connectivity index (χ2v) is 1.17. The van der Waals surface area contributed by atoms with Gasteiger partial charge in [-0.15, -0.1) is 0 Å². The van der Waals surface area contributed by atoms with Gasteiger partial charge in [-0.1, -0.05) is 53.0 Å². The van der Waals surface area contributed by atoms with Crippen LogP contribution in [0.5, 0.6) is 0 Å². The van der Waals surface area contributed by atoms with Gasteiger partial charge in [-0.3, -0.25) is 0 Å². The van der Waals surface area contributed by atoms with E-state index in [0.717, 1.165) is 0 Å². The van der Waals surface area contributed by atoms with E-state index in [1.165, 1.54) is 0 Å². The average molecular weight is 155 g/mol. The highest BCUT2D eigenvalue weighted by Gasteiger charge is 1.65. The fourth-order valence-electron chi connectivity index (χ4n) is 0.192. The Bertz CT molecular complexity index is 101. The van der Waals surface area contributed by atoms with Crippen molar-refractivity contribution in [3.63, 3.8) is 0 Å². The Kier molecular flexibility index (Phi) is 34.6. The van der Waals surface area contributed by atoms with Crippen molar-refractivity contribution in [1.29, 1.82) is 0 Å². The molecule has 0 atom stereocenters. The van der Waals surface area contributed by atoms with Gasteiger partial charge in [0.25, 0.3) is 0 Å². The molecule has 0 spiro atoms. The Morgan fingerprint density at radius 2 is 1.55 bits per heavy atom. The van der Waals surface area contributed by atoms with Crippen molar-refractivity contribution >= 4 is 0 Å². The molecule has 0 aromatic carbocycles. The molecule has 0 aliphatic carbocycles. The van der Waals surface area contributed by atoms with E-state index in [4.69, 9.17) is 5.73 Å². The van der Waals surface area contributed by atoms with Crippen molar-refractivity contribution in [2.75, 3.05) is 0 Å². The summed E-state index contributed by atoms with van der Waals surface area (Å²) in [6.07, 6.45) is 5.08. The molecule has 0 aromatic heterocycles. The summed E-state index contributed by atoms with van der Waals surface area (Å²) in [6, 6.07) is 0. The highest BCUT2D eigenvalue weighted by molar-refractivity contribution is 5.14. The highest BCUT2D eigenvalue weighted by Crippen LogP contribution is 1.78. The molecule has 11 heavy (non-hydrogen) atoms. The first-order chi connectivity index (χ1) is 5.27. The summed E-state index contributed by atoms with van der Waals surface area (Å²) >= 11 is 0. The maximum Gasteiger partial charge on any atom is 0.0240 e. The van der Waals surface area contributed by atoms with Crippen molar-refractivity contribution in [3.8, 4) is 0 Å². The molecule has 0 heterocycles. The van der Waals surface area contributed by atoms with Crippen LogP contribution < -0.4 is 5.73 Å². The maximum atomic E-state index is 5.15. The molecule has 0 saturated heterocycles. The van der Waals surface area contributed by atoms with Gasteiger partial charge in [0.2, 0.25) is 0 Å². The van der Waals surface area contributed by atoms with Crippen molar-refractivity contribution in [3.05, 3.63) is 37.1 Å². The summed E-state index contributed by atoms with van der Waals surface area (Å²) < 4.78 is 0. The summed E-state index contributed by atoms with van der Waals surface area (Å²) in [5.74, 6) is 0. The number of nitrogens with two attached hydrogens (primary N) is 1. The largest absolute Gasteiger partial charge is 0.399 e. The Morgan fingerprint density at radius 1 is 1.18 bits per heavy atom. The first kappa shape index (κ1) is 16.5. The Balaban J connectivity index is -0.000000138. The van der Waals surface area contributed by atoms with E-state index in [1.54, 1.807) is 18.2 Å². The van der Waals surface area contributed by atoms with E-state index in [2.05, 4.69) is 13.2 Å². The van der Waals surface area contributed by atoms with E-state index >= 15 is 0 Å². The van der Waals surface area contributed by atoms with E-state index in [0.29, 0.717) is 5.70 Å². The lowest BCUT2D eigenvalue weighted by molar-refractivity contribution is 1.45. The minimum absolute atomic E-state index is 0.555. The minimum Gasteiger partial charge on any atom is -0.399 e. The fourth-order valence-corrected chi connectivity index (χ4v) is 0.192. The molecule has 0 unspecified atom stereocenters. The molecule has 0 bridgehead atoms. The number of rotatable bonds is 2. The summed E-state index contributed by atoms with van der Waals surface area (Å²) in [5, 5.41) is 0. The normalized spacial score (nSPS) is 6.91. The smallest absolute Gasteiger partial charge is 0.0240 e. The standard InChI is InChI=1S/C6H9N.2C2H6/c1-3-4-5-6(2)7;2*1-2/h3-5H,1-2,7H2;2*1-2H3/b5-4-;;. The Labute approximate surface area is 71.3 Å². The summed E-state index contributed by atoms with van der Waals surface area (Å²) in [4.78, 5) is 0. The van der Waals surface area contributed by atoms with Crippen LogP contribution in [0.25, 0.3) is 0 Å². The van der Waals surface area contributed by atoms with E-state index in [9.17, 15) is 0 Å². The molecule has 0 rings (SSSR count). The second-order valence-electron chi connectivity index (χ2n) is 1.17. The molecule has 0 saturated carbocycles. The first-order valence-corrected chi connectivity index (χ1v) is 4.01. The third-order valence-electron chi connectivity index (χ3n) is 0.446. The van der Waals surface area contributed by atoms with Gasteiger partial charge in [-0.2, -0.15) is 0 Å². The van der Waals surface area contributed by atoms with Gasteiger partial charge in [0.1, 0.15) is 0 Å². The van der Waals surface area contributed by atoms with Gasteiger partial charge in [0.15, 0.2) is 0 Å². The van der Waals surface area contributed by atoms with Crippen molar-refractivity contribution in [2.45, 2.75) is 27.7 Å². The van der Waals surface area contributed by atoms with Crippen LogP contribution in [-0.4, -0.2) is 0 Å². The summed E-state index contributed by atoms with van der Waals surface area (Å²) in [6.45, 7) is 14.9. The van der Waals surface area contributed by atoms with E-state index in [1.807, 2.05) is 27.7 Å². The minimum atomic E-state index is 0.555. The molecular weight excluding hydrogens is 134 g/mol. The number of allylic oxidation sites excluding steroid dienone is 3. The van der Waals surface area contributed by atoms with Gasteiger partial charge in [-0.25, -0.2) is 0 Å². The zero-order valence-electron chi connectivity index (χ0n) is 8.22. The third kappa shape index (κ3) is 48.7. The molecular formula is C10H21N. The third-order valence-corrected chi connectivity index (χ3v) is 0.446. The Morgan fingerprint density at radius 3 is 1.64 bits per heavy atom. The van der Waals surface area contributed by atoms with E-state index in [-0.39, 0.29) is 0 Å². The average Bonchev–Trinajstić information content (AvgIpc) is 2.08. The van der Waals surface area contributed by atoms with E-state index < -0.39 is 0 Å². The Hall–Kier alpha value is -0.980. The van der Waals surface area contributed by atoms with Crippen LogP contribution in [-0.2, 0) is 0 Å². The second kappa shape index (κ2) is 23.0. The van der Waals surface area contributed by atoms with Crippen LogP contribution in [0.2, 0.25) is 0 Å². The predicted molar refractivity (Wildman–Crippen MR) is 55.4 cm³/mol. The molecule has 0 fully saturated rings. The molecule has 1 nitrogen and oxygen atoms in total. The van der Waals surface area contributed by atoms with Crippen molar-refractivity contribution in [2.24, 2.45) is 5.73 Å². The molecule has 0 aliphatic rings. The van der Waals surface area contributed by atoms with Crippen molar-refractivity contribution in [1.82, 2.24) is 0 Å². The monoisotopic (exact) mass is 155 g/mol. The predicted octanol–water partition coefficient (Wildman–Crippen LogP) is 3.25. The quantitative estimate of drug-likeness (QED) is 0.609. The molecule has 0 amide bonds. The van der Waals surface area contributed by atoms with Gasteiger partial charge in [0, 0.05) is 5.70 Å². The van der Waals surface area contributed by atoms with Crippen LogP contribution in [0.4, 0.5) is 0 Å². The number of hydrogen-bond acceptors (Lipinski definition) is 1. The molecule has 0 radical (unpaired) electrons. The van der Waals surface area contributed by atoms with Crippen molar-refractivity contribution < 1.29 is 0 Å². The maximum absolute atomic E-state index is 5.15. The lowest BCUT2D eigenvalue weighted by atomic mass is 10.4. The number of hydrogen-bond donors (Lipinski definition) is 1. The van der Waals surface area contributed by atoms with Gasteiger partial charge < -0.3 is 5.73 Å². The highest BCUT2D eigenvalue weighted by atomic mass is 14.5. The van der Waals surface area contributed by atoms with Crippen LogP contribution in [0.15, 0.2) is 37.1 Å². The SMILES string of the molecule is C=C/C=C\C(=C)N.CC.CC. The van der Waals surface area contributed by atoms with Crippen LogP contribution >= 0.6 is 0 Å². The first-order valence-electron chi connectivity index (χ1n) is 4.01. The van der Waals surface area contributed by atoms with Gasteiger partial charge in [0.05, 0.1) is 0 Å². The molecule has 1 heteroatoms. The molecule has 66 valence electrons.